The van der Waals surface area contributed by atoms with Crippen molar-refractivity contribution in [3.8, 4) is 0 Å². The van der Waals surface area contributed by atoms with Crippen LogP contribution in [-0.2, 0) is 10.2 Å². The van der Waals surface area contributed by atoms with Gasteiger partial charge in [-0.15, -0.1) is 0 Å². The monoisotopic (exact) mass is 220 g/mol. The number of aliphatic hydroxyl groups is 1. The summed E-state index contributed by atoms with van der Waals surface area (Å²) in [5.41, 5.74) is 0.947. The normalized spacial score (nSPS) is 29.2. The quantitative estimate of drug-likeness (QED) is 0.799. The number of carboxylic acid groups (broad SMARTS) is 1. The Morgan fingerprint density at radius 2 is 2.12 bits per heavy atom. The van der Waals surface area contributed by atoms with Crippen LogP contribution in [0.25, 0.3) is 0 Å². The van der Waals surface area contributed by atoms with Crippen LogP contribution in [-0.4, -0.2) is 22.3 Å². The molecule has 2 N–H and O–H groups in total. The van der Waals surface area contributed by atoms with Gasteiger partial charge in [-0.05, 0) is 37.3 Å². The van der Waals surface area contributed by atoms with Gasteiger partial charge >= 0.3 is 5.97 Å². The lowest BCUT2D eigenvalue weighted by atomic mass is 9.77. The van der Waals surface area contributed by atoms with Gasteiger partial charge in [0, 0.05) is 0 Å². The van der Waals surface area contributed by atoms with Crippen molar-refractivity contribution in [3.05, 3.63) is 35.4 Å². The Labute approximate surface area is 94.7 Å². The number of aliphatic hydroxyl groups excluding tert-OH is 1. The zero-order chi connectivity index (χ0) is 11.8. The highest BCUT2D eigenvalue weighted by atomic mass is 16.4. The van der Waals surface area contributed by atoms with E-state index < -0.39 is 17.5 Å². The Balaban J connectivity index is 2.49. The Morgan fingerprint density at radius 1 is 1.44 bits per heavy atom. The number of aryl methyl sites for hydroxylation is 1. The highest BCUT2D eigenvalue weighted by Gasteiger charge is 2.47. The first-order valence-corrected chi connectivity index (χ1v) is 5.54. The largest absolute Gasteiger partial charge is 0.481 e. The van der Waals surface area contributed by atoms with Crippen LogP contribution in [0.3, 0.4) is 0 Å². The molecule has 1 aliphatic carbocycles. The number of rotatable bonds is 2. The van der Waals surface area contributed by atoms with Crippen LogP contribution in [0.2, 0.25) is 0 Å². The molecular formula is C13H16O3. The zero-order valence-electron chi connectivity index (χ0n) is 9.31. The average molecular weight is 220 g/mol. The molecule has 1 fully saturated rings. The standard InChI is InChI=1S/C13H16O3/c1-9-4-2-3-5-11(9)13(12(15)16)7-6-10(14)8-13/h2-5,10,14H,6-8H2,1H3,(H,15,16). The summed E-state index contributed by atoms with van der Waals surface area (Å²) < 4.78 is 0. The minimum absolute atomic E-state index is 0.327. The number of benzene rings is 1. The molecule has 0 radical (unpaired) electrons. The van der Waals surface area contributed by atoms with Gasteiger partial charge in [-0.1, -0.05) is 24.3 Å². The molecule has 2 atom stereocenters. The van der Waals surface area contributed by atoms with E-state index in [9.17, 15) is 15.0 Å². The maximum absolute atomic E-state index is 11.5. The van der Waals surface area contributed by atoms with Crippen molar-refractivity contribution < 1.29 is 15.0 Å². The van der Waals surface area contributed by atoms with Crippen molar-refractivity contribution >= 4 is 5.97 Å². The first kappa shape index (κ1) is 11.1. The highest BCUT2D eigenvalue weighted by molar-refractivity contribution is 5.82. The van der Waals surface area contributed by atoms with Crippen molar-refractivity contribution in [3.63, 3.8) is 0 Å². The Kier molecular flexibility index (Phi) is 2.72. The number of hydrogen-bond acceptors (Lipinski definition) is 2. The topological polar surface area (TPSA) is 57.5 Å². The number of aliphatic carboxylic acids is 1. The summed E-state index contributed by atoms with van der Waals surface area (Å²) in [5, 5.41) is 19.1. The molecule has 1 aromatic rings. The lowest BCUT2D eigenvalue weighted by Gasteiger charge is -2.26. The number of hydrogen-bond donors (Lipinski definition) is 2. The van der Waals surface area contributed by atoms with Crippen LogP contribution in [0.4, 0.5) is 0 Å². The van der Waals surface area contributed by atoms with E-state index in [1.165, 1.54) is 0 Å². The van der Waals surface area contributed by atoms with Crippen molar-refractivity contribution in [2.24, 2.45) is 0 Å². The fourth-order valence-electron chi connectivity index (χ4n) is 2.68. The van der Waals surface area contributed by atoms with Crippen LogP contribution in [0.5, 0.6) is 0 Å². The molecule has 0 bridgehead atoms. The average Bonchev–Trinajstić information content (AvgIpc) is 2.62. The predicted octanol–water partition coefficient (Wildman–Crippen LogP) is 1.86. The fourth-order valence-corrected chi connectivity index (χ4v) is 2.68. The molecule has 0 amide bonds. The molecule has 3 nitrogen and oxygen atoms in total. The first-order chi connectivity index (χ1) is 7.56. The van der Waals surface area contributed by atoms with Crippen LogP contribution in [0.1, 0.15) is 30.4 Å². The molecule has 1 aliphatic rings. The van der Waals surface area contributed by atoms with Crippen LogP contribution in [0, 0.1) is 6.92 Å². The third-order valence-corrected chi connectivity index (χ3v) is 3.56. The van der Waals surface area contributed by atoms with Crippen molar-refractivity contribution in [1.29, 1.82) is 0 Å². The number of carbonyl (C=O) groups is 1. The lowest BCUT2D eigenvalue weighted by molar-refractivity contribution is -0.144. The molecule has 3 heteroatoms. The molecule has 86 valence electrons. The second-order valence-corrected chi connectivity index (χ2v) is 4.60. The lowest BCUT2D eigenvalue weighted by Crippen LogP contribution is -2.34. The SMILES string of the molecule is Cc1ccccc1C1(C(=O)O)CCC(O)C1. The van der Waals surface area contributed by atoms with Crippen molar-refractivity contribution in [1.82, 2.24) is 0 Å². The highest BCUT2D eigenvalue weighted by Crippen LogP contribution is 2.42. The van der Waals surface area contributed by atoms with Crippen molar-refractivity contribution in [2.45, 2.75) is 37.7 Å². The molecule has 0 heterocycles. The smallest absolute Gasteiger partial charge is 0.314 e. The fraction of sp³-hybridized carbons (Fsp3) is 0.462. The van der Waals surface area contributed by atoms with E-state index in [2.05, 4.69) is 0 Å². The van der Waals surface area contributed by atoms with Gasteiger partial charge in [-0.2, -0.15) is 0 Å². The van der Waals surface area contributed by atoms with Gasteiger partial charge in [-0.3, -0.25) is 4.79 Å². The van der Waals surface area contributed by atoms with Crippen LogP contribution in [0.15, 0.2) is 24.3 Å². The van der Waals surface area contributed by atoms with E-state index in [0.717, 1.165) is 11.1 Å². The maximum atomic E-state index is 11.5. The minimum atomic E-state index is -0.884. The summed E-state index contributed by atoms with van der Waals surface area (Å²) in [7, 11) is 0. The summed E-state index contributed by atoms with van der Waals surface area (Å²) in [5.74, 6) is -0.821. The van der Waals surface area contributed by atoms with Gasteiger partial charge in [0.1, 0.15) is 0 Å². The molecule has 16 heavy (non-hydrogen) atoms. The summed E-state index contributed by atoms with van der Waals surface area (Å²) in [6.45, 7) is 1.92. The van der Waals surface area contributed by atoms with Gasteiger partial charge in [-0.25, -0.2) is 0 Å². The summed E-state index contributed by atoms with van der Waals surface area (Å²) in [6.07, 6.45) is 0.929. The molecule has 2 unspecified atom stereocenters. The minimum Gasteiger partial charge on any atom is -0.481 e. The van der Waals surface area contributed by atoms with E-state index in [1.54, 1.807) is 0 Å². The Hall–Kier alpha value is -1.35. The molecule has 0 aliphatic heterocycles. The van der Waals surface area contributed by atoms with Gasteiger partial charge in [0.2, 0.25) is 0 Å². The first-order valence-electron chi connectivity index (χ1n) is 5.54. The molecule has 2 rings (SSSR count). The van der Waals surface area contributed by atoms with Gasteiger partial charge in [0.05, 0.1) is 11.5 Å². The second-order valence-electron chi connectivity index (χ2n) is 4.60. The molecule has 0 aromatic heterocycles. The Bertz CT molecular complexity index is 413. The van der Waals surface area contributed by atoms with E-state index in [1.807, 2.05) is 31.2 Å². The second kappa shape index (κ2) is 3.91. The van der Waals surface area contributed by atoms with E-state index in [0.29, 0.717) is 19.3 Å². The molecule has 1 aromatic carbocycles. The van der Waals surface area contributed by atoms with E-state index in [-0.39, 0.29) is 0 Å². The maximum Gasteiger partial charge on any atom is 0.314 e. The summed E-state index contributed by atoms with van der Waals surface area (Å²) in [4.78, 5) is 11.5. The van der Waals surface area contributed by atoms with Gasteiger partial charge in [0.25, 0.3) is 0 Å². The van der Waals surface area contributed by atoms with E-state index >= 15 is 0 Å². The predicted molar refractivity (Wildman–Crippen MR) is 60.4 cm³/mol. The summed E-state index contributed by atoms with van der Waals surface area (Å²) >= 11 is 0. The zero-order valence-corrected chi connectivity index (χ0v) is 9.31. The van der Waals surface area contributed by atoms with Crippen LogP contribution < -0.4 is 0 Å². The molecule has 0 saturated heterocycles. The van der Waals surface area contributed by atoms with Gasteiger partial charge in [0.15, 0.2) is 0 Å². The Morgan fingerprint density at radius 3 is 2.62 bits per heavy atom. The summed E-state index contributed by atoms with van der Waals surface area (Å²) in [6, 6.07) is 7.55. The molecular weight excluding hydrogens is 204 g/mol. The molecule has 0 spiro atoms. The van der Waals surface area contributed by atoms with Crippen LogP contribution >= 0.6 is 0 Å². The van der Waals surface area contributed by atoms with Gasteiger partial charge < -0.3 is 10.2 Å². The molecule has 1 saturated carbocycles. The number of carboxylic acids is 1. The van der Waals surface area contributed by atoms with E-state index in [4.69, 9.17) is 0 Å². The van der Waals surface area contributed by atoms with Crippen molar-refractivity contribution in [2.75, 3.05) is 0 Å². The third kappa shape index (κ3) is 1.61. The third-order valence-electron chi connectivity index (χ3n) is 3.56.